The Morgan fingerprint density at radius 2 is 1.91 bits per heavy atom. The maximum absolute atomic E-state index is 12.6. The highest BCUT2D eigenvalue weighted by Gasteiger charge is 2.50. The van der Waals surface area contributed by atoms with Crippen molar-refractivity contribution in [2.24, 2.45) is 23.5 Å². The number of benzene rings is 1. The van der Waals surface area contributed by atoms with Gasteiger partial charge in [-0.15, -0.1) is 24.2 Å². The minimum Gasteiger partial charge on any atom is -0.354 e. The Bertz CT molecular complexity index is 561. The van der Waals surface area contributed by atoms with Gasteiger partial charge in [0.25, 0.3) is 0 Å². The molecule has 5 heteroatoms. The van der Waals surface area contributed by atoms with Gasteiger partial charge >= 0.3 is 0 Å². The van der Waals surface area contributed by atoms with Crippen LogP contribution >= 0.6 is 24.2 Å². The first-order chi connectivity index (χ1) is 10.7. The zero-order valence-electron chi connectivity index (χ0n) is 13.2. The molecule has 0 aromatic heterocycles. The number of carbonyl (C=O) groups is 1. The van der Waals surface area contributed by atoms with E-state index in [0.29, 0.717) is 11.8 Å². The largest absolute Gasteiger partial charge is 0.354 e. The van der Waals surface area contributed by atoms with Crippen molar-refractivity contribution in [3.8, 4) is 0 Å². The molecule has 0 saturated heterocycles. The lowest BCUT2D eigenvalue weighted by Gasteiger charge is -2.28. The molecule has 126 valence electrons. The molecule has 4 rings (SSSR count). The highest BCUT2D eigenvalue weighted by Crippen LogP contribution is 2.51. The number of thioether (sulfide) groups is 1. The SMILES string of the molecule is Cl.NC1C2CCC(C2)C1C(=O)NCC1(Sc2ccccc2)CC1. The van der Waals surface area contributed by atoms with Gasteiger partial charge in [-0.3, -0.25) is 4.79 Å². The molecule has 0 heterocycles. The van der Waals surface area contributed by atoms with Gasteiger partial charge in [0.1, 0.15) is 0 Å². The summed E-state index contributed by atoms with van der Waals surface area (Å²) in [5.41, 5.74) is 6.28. The van der Waals surface area contributed by atoms with Gasteiger partial charge in [-0.05, 0) is 56.1 Å². The minimum absolute atomic E-state index is 0. The highest BCUT2D eigenvalue weighted by molar-refractivity contribution is 8.01. The first-order valence-corrected chi connectivity index (χ1v) is 9.26. The second-order valence-electron chi connectivity index (χ2n) is 7.25. The van der Waals surface area contributed by atoms with Crippen LogP contribution in [-0.4, -0.2) is 23.2 Å². The zero-order chi connectivity index (χ0) is 15.2. The van der Waals surface area contributed by atoms with Crippen LogP contribution in [0.2, 0.25) is 0 Å². The second-order valence-corrected chi connectivity index (χ2v) is 8.79. The second kappa shape index (κ2) is 6.66. The van der Waals surface area contributed by atoms with Gasteiger partial charge in [0.05, 0.1) is 5.92 Å². The van der Waals surface area contributed by atoms with E-state index in [0.717, 1.165) is 6.54 Å². The van der Waals surface area contributed by atoms with E-state index in [1.165, 1.54) is 37.0 Å². The summed E-state index contributed by atoms with van der Waals surface area (Å²) in [5.74, 6) is 1.40. The number of amides is 1. The predicted octanol–water partition coefficient (Wildman–Crippen LogP) is 3.22. The lowest BCUT2D eigenvalue weighted by Crippen LogP contribution is -2.46. The lowest BCUT2D eigenvalue weighted by molar-refractivity contribution is -0.127. The monoisotopic (exact) mass is 352 g/mol. The Morgan fingerprint density at radius 1 is 1.22 bits per heavy atom. The highest BCUT2D eigenvalue weighted by atomic mass is 35.5. The number of nitrogens with two attached hydrogens (primary N) is 1. The lowest BCUT2D eigenvalue weighted by atomic mass is 9.84. The van der Waals surface area contributed by atoms with E-state index < -0.39 is 0 Å². The van der Waals surface area contributed by atoms with Crippen molar-refractivity contribution in [1.29, 1.82) is 0 Å². The van der Waals surface area contributed by atoms with E-state index in [2.05, 4.69) is 29.6 Å². The molecule has 2 bridgehead atoms. The van der Waals surface area contributed by atoms with Crippen LogP contribution in [0.4, 0.5) is 0 Å². The molecule has 23 heavy (non-hydrogen) atoms. The third kappa shape index (κ3) is 3.40. The number of halogens is 1. The van der Waals surface area contributed by atoms with Crippen LogP contribution in [0.3, 0.4) is 0 Å². The van der Waals surface area contributed by atoms with Crippen LogP contribution in [0.1, 0.15) is 32.1 Å². The molecular formula is C18H25ClN2OS. The van der Waals surface area contributed by atoms with Crippen molar-refractivity contribution >= 4 is 30.1 Å². The van der Waals surface area contributed by atoms with Gasteiger partial charge in [0.15, 0.2) is 0 Å². The van der Waals surface area contributed by atoms with Gasteiger partial charge in [0.2, 0.25) is 5.91 Å². The van der Waals surface area contributed by atoms with Crippen LogP contribution in [0.25, 0.3) is 0 Å². The predicted molar refractivity (Wildman–Crippen MR) is 96.8 cm³/mol. The fourth-order valence-corrected chi connectivity index (χ4v) is 5.53. The number of hydrogen-bond donors (Lipinski definition) is 2. The van der Waals surface area contributed by atoms with E-state index in [9.17, 15) is 4.79 Å². The third-order valence-corrected chi connectivity index (χ3v) is 7.25. The van der Waals surface area contributed by atoms with Crippen molar-refractivity contribution in [3.05, 3.63) is 30.3 Å². The summed E-state index contributed by atoms with van der Waals surface area (Å²) in [7, 11) is 0. The molecular weight excluding hydrogens is 328 g/mol. The topological polar surface area (TPSA) is 55.1 Å². The van der Waals surface area contributed by atoms with E-state index in [4.69, 9.17) is 5.73 Å². The first kappa shape index (κ1) is 17.1. The molecule has 3 saturated carbocycles. The molecule has 3 fully saturated rings. The van der Waals surface area contributed by atoms with Gasteiger partial charge in [0, 0.05) is 22.2 Å². The smallest absolute Gasteiger partial charge is 0.225 e. The van der Waals surface area contributed by atoms with E-state index in [1.54, 1.807) is 0 Å². The van der Waals surface area contributed by atoms with Crippen molar-refractivity contribution in [2.45, 2.75) is 47.8 Å². The number of nitrogens with one attached hydrogen (secondary N) is 1. The number of carbonyl (C=O) groups excluding carboxylic acids is 1. The van der Waals surface area contributed by atoms with Gasteiger partial charge in [-0.25, -0.2) is 0 Å². The van der Waals surface area contributed by atoms with Crippen LogP contribution in [0.5, 0.6) is 0 Å². The van der Waals surface area contributed by atoms with Gasteiger partial charge in [-0.1, -0.05) is 18.2 Å². The molecule has 3 aliphatic rings. The summed E-state index contributed by atoms with van der Waals surface area (Å²) in [6.07, 6.45) is 5.97. The molecule has 3 aliphatic carbocycles. The maximum atomic E-state index is 12.6. The summed E-state index contributed by atoms with van der Waals surface area (Å²) >= 11 is 1.91. The van der Waals surface area contributed by atoms with Gasteiger partial charge in [-0.2, -0.15) is 0 Å². The first-order valence-electron chi connectivity index (χ1n) is 8.44. The molecule has 3 nitrogen and oxygen atoms in total. The molecule has 4 atom stereocenters. The Morgan fingerprint density at radius 3 is 2.52 bits per heavy atom. The minimum atomic E-state index is 0. The molecule has 1 amide bonds. The van der Waals surface area contributed by atoms with Crippen LogP contribution in [0, 0.1) is 17.8 Å². The molecule has 4 unspecified atom stereocenters. The zero-order valence-corrected chi connectivity index (χ0v) is 14.9. The number of rotatable bonds is 5. The number of fused-ring (bicyclic) bond motifs is 2. The van der Waals surface area contributed by atoms with E-state index >= 15 is 0 Å². The summed E-state index contributed by atoms with van der Waals surface area (Å²) in [6.45, 7) is 0.784. The van der Waals surface area contributed by atoms with Crippen LogP contribution < -0.4 is 11.1 Å². The summed E-state index contributed by atoms with van der Waals surface area (Å²) in [5, 5.41) is 3.22. The molecule has 0 spiro atoms. The molecule has 1 aromatic rings. The Balaban J connectivity index is 0.00000156. The van der Waals surface area contributed by atoms with E-state index in [1.807, 2.05) is 17.8 Å². The Labute approximate surface area is 148 Å². The molecule has 3 N–H and O–H groups in total. The average molecular weight is 353 g/mol. The standard InChI is InChI=1S/C18H24N2OS.ClH/c19-16-13-7-6-12(10-13)15(16)17(21)20-11-18(8-9-18)22-14-4-2-1-3-5-14;/h1-5,12-13,15-16H,6-11,19H2,(H,20,21);1H. The fourth-order valence-electron chi connectivity index (χ4n) is 4.28. The maximum Gasteiger partial charge on any atom is 0.225 e. The Kier molecular flexibility index (Phi) is 4.96. The van der Waals surface area contributed by atoms with Crippen LogP contribution in [-0.2, 0) is 4.79 Å². The fraction of sp³-hybridized carbons (Fsp3) is 0.611. The number of hydrogen-bond acceptors (Lipinski definition) is 3. The Hall–Kier alpha value is -0.710. The molecule has 0 aliphatic heterocycles. The third-order valence-electron chi connectivity index (χ3n) is 5.75. The quantitative estimate of drug-likeness (QED) is 0.855. The van der Waals surface area contributed by atoms with E-state index in [-0.39, 0.29) is 35.0 Å². The van der Waals surface area contributed by atoms with Crippen molar-refractivity contribution in [3.63, 3.8) is 0 Å². The normalized spacial score (nSPS) is 33.1. The summed E-state index contributed by atoms with van der Waals surface area (Å²) in [4.78, 5) is 13.9. The van der Waals surface area contributed by atoms with Crippen molar-refractivity contribution in [1.82, 2.24) is 5.32 Å². The van der Waals surface area contributed by atoms with Gasteiger partial charge < -0.3 is 11.1 Å². The molecule has 0 radical (unpaired) electrons. The molecule has 1 aromatic carbocycles. The van der Waals surface area contributed by atoms with Crippen LogP contribution in [0.15, 0.2) is 35.2 Å². The van der Waals surface area contributed by atoms with Crippen molar-refractivity contribution < 1.29 is 4.79 Å². The average Bonchev–Trinajstić information content (AvgIpc) is 3.00. The van der Waals surface area contributed by atoms with Crippen molar-refractivity contribution in [2.75, 3.05) is 6.54 Å². The summed E-state index contributed by atoms with van der Waals surface area (Å²) < 4.78 is 0.221. The summed E-state index contributed by atoms with van der Waals surface area (Å²) in [6, 6.07) is 10.6.